The van der Waals surface area contributed by atoms with Crippen molar-refractivity contribution < 1.29 is 24.6 Å². The van der Waals surface area contributed by atoms with Gasteiger partial charge >= 0.3 is 6.09 Å². The minimum absolute atomic E-state index is 0.185. The zero-order valence-electron chi connectivity index (χ0n) is 15.9. The number of anilines is 2. The van der Waals surface area contributed by atoms with Crippen LogP contribution in [0, 0.1) is 0 Å². The summed E-state index contributed by atoms with van der Waals surface area (Å²) in [7, 11) is 0. The average molecular weight is 416 g/mol. The van der Waals surface area contributed by atoms with Crippen LogP contribution in [0.5, 0.6) is 0 Å². The van der Waals surface area contributed by atoms with Gasteiger partial charge in [0.05, 0.1) is 10.6 Å². The second-order valence-corrected chi connectivity index (χ2v) is 7.42. The Labute approximate surface area is 170 Å². The third-order valence-electron chi connectivity index (χ3n) is 4.43. The van der Waals surface area contributed by atoms with Crippen molar-refractivity contribution in [2.24, 2.45) is 0 Å². The van der Waals surface area contributed by atoms with Gasteiger partial charge in [-0.25, -0.2) is 14.8 Å². The molecule has 0 radical (unpaired) electrons. The van der Waals surface area contributed by atoms with Crippen molar-refractivity contribution in [3.63, 3.8) is 0 Å². The zero-order chi connectivity index (χ0) is 21.1. The summed E-state index contributed by atoms with van der Waals surface area (Å²) in [6, 6.07) is 3.02. The molecule has 9 nitrogen and oxygen atoms in total. The molecule has 29 heavy (non-hydrogen) atoms. The molecule has 1 aliphatic rings. The van der Waals surface area contributed by atoms with Gasteiger partial charge in [-0.1, -0.05) is 11.3 Å². The van der Waals surface area contributed by atoms with Crippen LogP contribution in [0.4, 0.5) is 15.7 Å². The molecule has 3 rings (SSSR count). The summed E-state index contributed by atoms with van der Waals surface area (Å²) < 4.78 is 0. The van der Waals surface area contributed by atoms with Crippen molar-refractivity contribution in [3.8, 4) is 0 Å². The van der Waals surface area contributed by atoms with Crippen molar-refractivity contribution in [3.05, 3.63) is 40.0 Å². The smallest absolute Gasteiger partial charge is 0.412 e. The van der Waals surface area contributed by atoms with E-state index in [0.717, 1.165) is 16.2 Å². The van der Waals surface area contributed by atoms with E-state index in [4.69, 9.17) is 0 Å². The zero-order valence-corrected chi connectivity index (χ0v) is 16.7. The number of nitrogens with zero attached hydrogens (tertiary/aromatic N) is 3. The summed E-state index contributed by atoms with van der Waals surface area (Å²) in [5.74, 6) is -0.546. The molecule has 2 heterocycles. The summed E-state index contributed by atoms with van der Waals surface area (Å²) in [4.78, 5) is 45.3. The molecule has 0 saturated carbocycles. The molecular weight excluding hydrogens is 396 g/mol. The van der Waals surface area contributed by atoms with Crippen LogP contribution < -0.4 is 10.2 Å². The molecule has 0 atom stereocenters. The fourth-order valence-electron chi connectivity index (χ4n) is 3.07. The van der Waals surface area contributed by atoms with Gasteiger partial charge < -0.3 is 15.5 Å². The highest BCUT2D eigenvalue weighted by atomic mass is 32.1. The van der Waals surface area contributed by atoms with Crippen molar-refractivity contribution in [2.75, 3.05) is 16.8 Å². The fraction of sp³-hybridized carbons (Fsp3) is 0.316. The standard InChI is InChI=1S/C19H20N4O5S/c1-3-23(19(27)28)14-8-7-11(9-20-14)15(25)12-5-4-6-13-17(16(12)26)29-18(22-13)21-10(2)24/h7-9,25H,3-6H2,1-2H3,(H,27,28)(H,21,22,24). The normalized spacial score (nSPS) is 15.3. The van der Waals surface area contributed by atoms with E-state index in [0.29, 0.717) is 40.5 Å². The van der Waals surface area contributed by atoms with E-state index in [-0.39, 0.29) is 35.4 Å². The molecule has 1 aliphatic carbocycles. The van der Waals surface area contributed by atoms with Gasteiger partial charge in [0.15, 0.2) is 5.13 Å². The lowest BCUT2D eigenvalue weighted by Crippen LogP contribution is -2.29. The van der Waals surface area contributed by atoms with Crippen LogP contribution in [0.3, 0.4) is 0 Å². The molecule has 152 valence electrons. The number of aryl methyl sites for hydroxylation is 1. The van der Waals surface area contributed by atoms with Crippen LogP contribution in [-0.2, 0) is 11.2 Å². The van der Waals surface area contributed by atoms with Gasteiger partial charge in [0, 0.05) is 30.8 Å². The van der Waals surface area contributed by atoms with E-state index < -0.39 is 6.09 Å². The van der Waals surface area contributed by atoms with Gasteiger partial charge in [-0.2, -0.15) is 0 Å². The summed E-state index contributed by atoms with van der Waals surface area (Å²) in [6.45, 7) is 3.29. The number of hydrogen-bond acceptors (Lipinski definition) is 7. The second-order valence-electron chi connectivity index (χ2n) is 6.42. The Morgan fingerprint density at radius 3 is 2.62 bits per heavy atom. The van der Waals surface area contributed by atoms with E-state index >= 15 is 0 Å². The number of pyridine rings is 1. The van der Waals surface area contributed by atoms with Gasteiger partial charge in [0.25, 0.3) is 0 Å². The van der Waals surface area contributed by atoms with E-state index in [1.807, 2.05) is 0 Å². The molecule has 0 saturated heterocycles. The second kappa shape index (κ2) is 8.39. The molecule has 2 aromatic rings. The Balaban J connectivity index is 1.93. The largest absolute Gasteiger partial charge is 0.507 e. The van der Waals surface area contributed by atoms with Crippen LogP contribution >= 0.6 is 11.3 Å². The number of carboxylic acid groups (broad SMARTS) is 1. The topological polar surface area (TPSA) is 133 Å². The highest BCUT2D eigenvalue weighted by Gasteiger charge is 2.28. The number of ketones is 1. The first-order valence-electron chi connectivity index (χ1n) is 9.02. The number of hydrogen-bond donors (Lipinski definition) is 3. The number of thiazole rings is 1. The highest BCUT2D eigenvalue weighted by Crippen LogP contribution is 2.34. The monoisotopic (exact) mass is 416 g/mol. The first-order valence-corrected chi connectivity index (χ1v) is 9.84. The van der Waals surface area contributed by atoms with E-state index in [1.165, 1.54) is 25.3 Å². The van der Waals surface area contributed by atoms with E-state index in [2.05, 4.69) is 15.3 Å². The Bertz CT molecular complexity index is 997. The number of allylic oxidation sites excluding steroid dienone is 1. The SMILES string of the molecule is CCN(C(=O)O)c1ccc(C(O)=C2CCCc3nc(NC(C)=O)sc3C2=O)cn1. The Kier molecular flexibility index (Phi) is 5.92. The number of fused-ring (bicyclic) bond motifs is 1. The van der Waals surface area contributed by atoms with Crippen molar-refractivity contribution in [1.29, 1.82) is 0 Å². The molecule has 2 aromatic heterocycles. The molecular formula is C19H20N4O5S. The van der Waals surface area contributed by atoms with Crippen LogP contribution in [0.15, 0.2) is 23.9 Å². The molecule has 0 fully saturated rings. The maximum atomic E-state index is 13.0. The Morgan fingerprint density at radius 2 is 2.03 bits per heavy atom. The third-order valence-corrected chi connectivity index (χ3v) is 5.44. The maximum absolute atomic E-state index is 13.0. The summed E-state index contributed by atoms with van der Waals surface area (Å²) >= 11 is 1.09. The lowest BCUT2D eigenvalue weighted by atomic mass is 10.0. The Morgan fingerprint density at radius 1 is 1.28 bits per heavy atom. The number of aliphatic hydroxyl groups excluding tert-OH is 1. The third kappa shape index (κ3) is 4.27. The fourth-order valence-corrected chi connectivity index (χ4v) is 4.09. The number of aliphatic hydroxyl groups is 1. The van der Waals surface area contributed by atoms with Gasteiger partial charge in [-0.3, -0.25) is 14.5 Å². The average Bonchev–Trinajstić information content (AvgIpc) is 3.00. The number of nitrogens with one attached hydrogen (secondary N) is 1. The lowest BCUT2D eigenvalue weighted by Gasteiger charge is -2.16. The van der Waals surface area contributed by atoms with Crippen molar-refractivity contribution in [1.82, 2.24) is 9.97 Å². The minimum Gasteiger partial charge on any atom is -0.507 e. The van der Waals surface area contributed by atoms with E-state index in [1.54, 1.807) is 6.92 Å². The minimum atomic E-state index is -1.12. The van der Waals surface area contributed by atoms with Gasteiger partial charge in [-0.15, -0.1) is 0 Å². The number of aromatic nitrogens is 2. The first-order chi connectivity index (χ1) is 13.8. The van der Waals surface area contributed by atoms with Crippen molar-refractivity contribution in [2.45, 2.75) is 33.1 Å². The molecule has 0 aliphatic heterocycles. The predicted octanol–water partition coefficient (Wildman–Crippen LogP) is 3.49. The number of carbonyl (C=O) groups is 3. The van der Waals surface area contributed by atoms with Crippen LogP contribution in [0.1, 0.15) is 47.6 Å². The molecule has 0 aromatic carbocycles. The van der Waals surface area contributed by atoms with E-state index in [9.17, 15) is 24.6 Å². The molecule has 0 spiro atoms. The van der Waals surface area contributed by atoms with Crippen LogP contribution in [0.2, 0.25) is 0 Å². The van der Waals surface area contributed by atoms with Crippen molar-refractivity contribution >= 4 is 45.8 Å². The van der Waals surface area contributed by atoms with Crippen LogP contribution in [0.25, 0.3) is 5.76 Å². The van der Waals surface area contributed by atoms with Gasteiger partial charge in [0.2, 0.25) is 11.7 Å². The Hall–Kier alpha value is -3.27. The first kappa shape index (κ1) is 20.5. The van der Waals surface area contributed by atoms with Gasteiger partial charge in [-0.05, 0) is 38.3 Å². The molecule has 3 N–H and O–H groups in total. The number of amides is 2. The number of Topliss-reactive ketones (excluding diaryl/α,β-unsaturated/α-hetero) is 1. The molecule has 0 bridgehead atoms. The summed E-state index contributed by atoms with van der Waals surface area (Å²) in [6.07, 6.45) is 1.78. The van der Waals surface area contributed by atoms with Crippen LogP contribution in [-0.4, -0.2) is 44.5 Å². The highest BCUT2D eigenvalue weighted by molar-refractivity contribution is 7.18. The summed E-state index contributed by atoms with van der Waals surface area (Å²) in [5, 5.41) is 22.8. The quantitative estimate of drug-likeness (QED) is 0.395. The predicted molar refractivity (Wildman–Crippen MR) is 109 cm³/mol. The molecule has 0 unspecified atom stereocenters. The maximum Gasteiger partial charge on any atom is 0.412 e. The number of rotatable bonds is 4. The summed E-state index contributed by atoms with van der Waals surface area (Å²) in [5.41, 5.74) is 1.19. The lowest BCUT2D eigenvalue weighted by molar-refractivity contribution is -0.114. The molecule has 2 amide bonds. The van der Waals surface area contributed by atoms with Gasteiger partial charge in [0.1, 0.15) is 11.6 Å². The number of carbonyl (C=O) groups excluding carboxylic acids is 2. The molecule has 10 heteroatoms.